The minimum absolute atomic E-state index is 0.0675. The van der Waals surface area contributed by atoms with Crippen molar-refractivity contribution in [1.82, 2.24) is 15.5 Å². The van der Waals surface area contributed by atoms with Crippen LogP contribution in [0.4, 0.5) is 0 Å². The smallest absolute Gasteiger partial charge is 0.229 e. The topological polar surface area (TPSA) is 71.2 Å². The molecule has 5 heteroatoms. The number of hydrogen-bond donors (Lipinski definition) is 2. The molecule has 5 nitrogen and oxygen atoms in total. The van der Waals surface area contributed by atoms with Gasteiger partial charge < -0.3 is 14.9 Å². The maximum Gasteiger partial charge on any atom is 0.229 e. The van der Waals surface area contributed by atoms with Crippen molar-refractivity contribution in [1.29, 1.82) is 0 Å². The van der Waals surface area contributed by atoms with Crippen molar-refractivity contribution in [3.05, 3.63) is 47.1 Å². The highest BCUT2D eigenvalue weighted by atomic mass is 16.5. The number of aliphatic hydroxyl groups excluding tert-OH is 1. The summed E-state index contributed by atoms with van der Waals surface area (Å²) in [5.74, 6) is 1.99. The van der Waals surface area contributed by atoms with Crippen molar-refractivity contribution in [2.75, 3.05) is 0 Å². The highest BCUT2D eigenvalue weighted by Crippen LogP contribution is 2.36. The lowest BCUT2D eigenvalue weighted by Crippen LogP contribution is -2.39. The highest BCUT2D eigenvalue weighted by molar-refractivity contribution is 5.36. The van der Waals surface area contributed by atoms with Crippen LogP contribution < -0.4 is 5.32 Å². The summed E-state index contributed by atoms with van der Waals surface area (Å²) < 4.78 is 5.41. The molecule has 2 atom stereocenters. The molecule has 2 aliphatic rings. The second-order valence-electron chi connectivity index (χ2n) is 7.07. The zero-order valence-corrected chi connectivity index (χ0v) is 14.1. The van der Waals surface area contributed by atoms with E-state index in [1.165, 1.54) is 11.1 Å². The predicted molar refractivity (Wildman–Crippen MR) is 90.7 cm³/mol. The number of aliphatic hydroxyl groups is 1. The van der Waals surface area contributed by atoms with Crippen molar-refractivity contribution in [2.45, 2.75) is 69.6 Å². The van der Waals surface area contributed by atoms with E-state index in [1.54, 1.807) is 0 Å². The molecule has 1 fully saturated rings. The Morgan fingerprint density at radius 1 is 1.21 bits per heavy atom. The third-order valence-electron chi connectivity index (χ3n) is 5.50. The maximum absolute atomic E-state index is 10.4. The summed E-state index contributed by atoms with van der Waals surface area (Å²) in [4.78, 5) is 4.48. The molecule has 2 N–H and O–H groups in total. The summed E-state index contributed by atoms with van der Waals surface area (Å²) in [6.45, 7) is 2.04. The van der Waals surface area contributed by atoms with Gasteiger partial charge in [0.25, 0.3) is 0 Å². The Bertz CT molecular complexity index is 691. The minimum Gasteiger partial charge on any atom is -0.391 e. The lowest BCUT2D eigenvalue weighted by atomic mass is 9.85. The van der Waals surface area contributed by atoms with E-state index >= 15 is 0 Å². The summed E-state index contributed by atoms with van der Waals surface area (Å²) >= 11 is 0. The molecule has 0 bridgehead atoms. The Labute approximate surface area is 142 Å². The number of nitrogens with one attached hydrogen (secondary N) is 1. The molecule has 0 aliphatic heterocycles. The van der Waals surface area contributed by atoms with E-state index < -0.39 is 0 Å². The maximum atomic E-state index is 10.4. The van der Waals surface area contributed by atoms with Crippen LogP contribution in [0.5, 0.6) is 0 Å². The molecular formula is C19H25N3O2. The van der Waals surface area contributed by atoms with Gasteiger partial charge in [-0.1, -0.05) is 36.3 Å². The molecule has 1 aromatic heterocycles. The molecule has 1 aromatic carbocycles. The summed E-state index contributed by atoms with van der Waals surface area (Å²) in [6.07, 6.45) is 5.55. The Hall–Kier alpha value is -1.72. The number of fused-ring (bicyclic) bond motifs is 1. The van der Waals surface area contributed by atoms with Gasteiger partial charge in [-0.05, 0) is 36.8 Å². The van der Waals surface area contributed by atoms with Gasteiger partial charge in [0.2, 0.25) is 5.89 Å². The number of rotatable bonds is 4. The van der Waals surface area contributed by atoms with E-state index in [-0.39, 0.29) is 12.1 Å². The summed E-state index contributed by atoms with van der Waals surface area (Å²) in [6, 6.07) is 8.88. The predicted octanol–water partition coefficient (Wildman–Crippen LogP) is 2.91. The molecule has 0 unspecified atom stereocenters. The van der Waals surface area contributed by atoms with E-state index in [2.05, 4.69) is 33.7 Å². The molecule has 0 saturated heterocycles. The van der Waals surface area contributed by atoms with Crippen LogP contribution in [0.15, 0.2) is 28.8 Å². The van der Waals surface area contributed by atoms with E-state index in [1.807, 2.05) is 13.0 Å². The monoisotopic (exact) mass is 327 g/mol. The first-order valence-electron chi connectivity index (χ1n) is 9.09. The van der Waals surface area contributed by atoms with Crippen LogP contribution in [0, 0.1) is 0 Å². The number of benzene rings is 1. The van der Waals surface area contributed by atoms with Crippen LogP contribution >= 0.6 is 0 Å². The van der Waals surface area contributed by atoms with Crippen molar-refractivity contribution in [3.8, 4) is 0 Å². The van der Waals surface area contributed by atoms with E-state index in [0.29, 0.717) is 12.0 Å². The molecule has 2 aromatic rings. The molecular weight excluding hydrogens is 302 g/mol. The highest BCUT2D eigenvalue weighted by Gasteiger charge is 2.34. The van der Waals surface area contributed by atoms with Gasteiger partial charge in [-0.25, -0.2) is 0 Å². The van der Waals surface area contributed by atoms with Crippen molar-refractivity contribution >= 4 is 0 Å². The van der Waals surface area contributed by atoms with Gasteiger partial charge in [0, 0.05) is 24.8 Å². The average Bonchev–Trinajstić information content (AvgIpc) is 3.21. The molecule has 4 rings (SSSR count). The third kappa shape index (κ3) is 2.98. The largest absolute Gasteiger partial charge is 0.391 e. The van der Waals surface area contributed by atoms with Gasteiger partial charge in [-0.15, -0.1) is 0 Å². The first-order chi connectivity index (χ1) is 11.7. The summed E-state index contributed by atoms with van der Waals surface area (Å²) in [5.41, 5.74) is 2.53. The quantitative estimate of drug-likeness (QED) is 0.903. The zero-order valence-electron chi connectivity index (χ0n) is 14.1. The van der Waals surface area contributed by atoms with Gasteiger partial charge in [-0.3, -0.25) is 0 Å². The van der Waals surface area contributed by atoms with E-state index in [4.69, 9.17) is 4.52 Å². The Morgan fingerprint density at radius 2 is 2.00 bits per heavy atom. The van der Waals surface area contributed by atoms with Gasteiger partial charge in [0.05, 0.1) is 12.1 Å². The van der Waals surface area contributed by atoms with Crippen LogP contribution in [0.3, 0.4) is 0 Å². The molecule has 24 heavy (non-hydrogen) atoms. The Balaban J connectivity index is 1.37. The third-order valence-corrected chi connectivity index (χ3v) is 5.50. The van der Waals surface area contributed by atoms with Gasteiger partial charge in [0.15, 0.2) is 5.82 Å². The standard InChI is InChI=1S/C19H25N3O2/c1-2-17-21-19(24-22-17)12-7-9-14(10-8-12)20-18-15-6-4-3-5-13(15)11-16(18)23/h3-6,12,14,16,18,20,23H,2,7-11H2,1H3/t12?,14?,16-,18+/m0/s1. The summed E-state index contributed by atoms with van der Waals surface area (Å²) in [5, 5.41) is 18.1. The van der Waals surface area contributed by atoms with Gasteiger partial charge >= 0.3 is 0 Å². The first-order valence-corrected chi connectivity index (χ1v) is 9.09. The number of hydrogen-bond acceptors (Lipinski definition) is 5. The normalized spacial score (nSPS) is 29.6. The first kappa shape index (κ1) is 15.8. The molecule has 2 aliphatic carbocycles. The fourth-order valence-corrected chi connectivity index (χ4v) is 4.11. The fourth-order valence-electron chi connectivity index (χ4n) is 4.11. The molecule has 128 valence electrons. The van der Waals surface area contributed by atoms with Gasteiger partial charge in [0.1, 0.15) is 0 Å². The van der Waals surface area contributed by atoms with Crippen molar-refractivity contribution in [3.63, 3.8) is 0 Å². The number of nitrogens with zero attached hydrogens (tertiary/aromatic N) is 2. The Kier molecular flexibility index (Phi) is 4.37. The molecule has 1 heterocycles. The van der Waals surface area contributed by atoms with Crippen LogP contribution in [0.25, 0.3) is 0 Å². The van der Waals surface area contributed by atoms with Crippen molar-refractivity contribution in [2.24, 2.45) is 0 Å². The fraction of sp³-hybridized carbons (Fsp3) is 0.579. The molecule has 0 amide bonds. The van der Waals surface area contributed by atoms with Crippen molar-refractivity contribution < 1.29 is 9.63 Å². The van der Waals surface area contributed by atoms with E-state index in [0.717, 1.165) is 50.2 Å². The number of aromatic nitrogens is 2. The second kappa shape index (κ2) is 6.65. The SMILES string of the molecule is CCc1noc(C2CCC(N[C@@H]3c4ccccc4C[C@@H]3O)CC2)n1. The molecule has 1 saturated carbocycles. The van der Waals surface area contributed by atoms with E-state index in [9.17, 15) is 5.11 Å². The molecule has 0 spiro atoms. The van der Waals surface area contributed by atoms with Crippen LogP contribution in [-0.2, 0) is 12.8 Å². The lowest BCUT2D eigenvalue weighted by Gasteiger charge is -2.31. The van der Waals surface area contributed by atoms with Crippen LogP contribution in [0.2, 0.25) is 0 Å². The second-order valence-corrected chi connectivity index (χ2v) is 7.07. The summed E-state index contributed by atoms with van der Waals surface area (Å²) in [7, 11) is 0. The lowest BCUT2D eigenvalue weighted by molar-refractivity contribution is 0.128. The zero-order chi connectivity index (χ0) is 16.5. The van der Waals surface area contributed by atoms with Crippen LogP contribution in [-0.4, -0.2) is 27.4 Å². The average molecular weight is 327 g/mol. The molecule has 0 radical (unpaired) electrons. The Morgan fingerprint density at radius 3 is 2.75 bits per heavy atom. The van der Waals surface area contributed by atoms with Gasteiger partial charge in [-0.2, -0.15) is 4.98 Å². The minimum atomic E-state index is -0.317. The number of aryl methyl sites for hydroxylation is 1. The van der Waals surface area contributed by atoms with Crippen LogP contribution in [0.1, 0.15) is 67.4 Å².